The Morgan fingerprint density at radius 3 is 2.09 bits per heavy atom. The van der Waals surface area contributed by atoms with Gasteiger partial charge in [-0.1, -0.05) is 83.1 Å². The molecule has 0 radical (unpaired) electrons. The van der Waals surface area contributed by atoms with Crippen LogP contribution in [0.1, 0.15) is 89.7 Å². The minimum absolute atomic E-state index is 0.0209. The lowest BCUT2D eigenvalue weighted by Gasteiger charge is -2.41. The number of amides is 1. The number of Topliss-reactive ketones (excluding diaryl/α,β-unsaturated/α-hetero) is 1. The summed E-state index contributed by atoms with van der Waals surface area (Å²) in [6.07, 6.45) is 1.11. The molecule has 0 unspecified atom stereocenters. The molecule has 2 atom stereocenters. The number of hydrogen-bond acceptors (Lipinski definition) is 4. The Bertz CT molecular complexity index is 1690. The molecule has 1 saturated heterocycles. The van der Waals surface area contributed by atoms with E-state index in [9.17, 15) is 14.0 Å². The van der Waals surface area contributed by atoms with Crippen LogP contribution in [0.15, 0.2) is 84.9 Å². The number of hydrogen-bond donors (Lipinski definition) is 1. The number of nitrogens with one attached hydrogen (secondary N) is 1. The van der Waals surface area contributed by atoms with Crippen molar-refractivity contribution < 1.29 is 23.5 Å². The maximum atomic E-state index is 14.3. The molecule has 1 aliphatic rings. The van der Waals surface area contributed by atoms with Gasteiger partial charge in [0.25, 0.3) is 5.91 Å². The van der Waals surface area contributed by atoms with Gasteiger partial charge in [0.05, 0.1) is 23.5 Å². The van der Waals surface area contributed by atoms with Crippen LogP contribution in [0.2, 0.25) is 0 Å². The van der Waals surface area contributed by atoms with Crippen molar-refractivity contribution >= 4 is 17.4 Å². The van der Waals surface area contributed by atoms with Crippen LogP contribution in [-0.4, -0.2) is 34.3 Å². The van der Waals surface area contributed by atoms with E-state index in [0.29, 0.717) is 37.1 Å². The van der Waals surface area contributed by atoms with Crippen LogP contribution < -0.4 is 5.32 Å². The Hall–Kier alpha value is -4.07. The van der Waals surface area contributed by atoms with Gasteiger partial charge in [-0.15, -0.1) is 0 Å². The number of carbonyl (C=O) groups is 2. The van der Waals surface area contributed by atoms with Crippen LogP contribution in [0.25, 0.3) is 22.4 Å². The molecule has 3 aromatic carbocycles. The molecule has 0 aliphatic carbocycles. The van der Waals surface area contributed by atoms with Gasteiger partial charge in [0, 0.05) is 41.7 Å². The largest absolute Gasteiger partial charge is 0.347 e. The summed E-state index contributed by atoms with van der Waals surface area (Å²) in [7, 11) is 0. The van der Waals surface area contributed by atoms with Crippen LogP contribution in [0, 0.1) is 11.2 Å². The molecule has 0 saturated carbocycles. The Kier molecular flexibility index (Phi) is 10.2. The first kappa shape index (κ1) is 34.3. The van der Waals surface area contributed by atoms with Crippen LogP contribution in [0.4, 0.5) is 10.1 Å². The topological polar surface area (TPSA) is 69.6 Å². The van der Waals surface area contributed by atoms with E-state index in [1.54, 1.807) is 12.1 Å². The third kappa shape index (κ3) is 8.09. The Morgan fingerprint density at radius 1 is 0.894 bits per heavy atom. The summed E-state index contributed by atoms with van der Waals surface area (Å²) in [5, 5.41) is 3.13. The highest BCUT2D eigenvalue weighted by Crippen LogP contribution is 2.43. The van der Waals surface area contributed by atoms with Crippen LogP contribution in [0.5, 0.6) is 0 Å². The number of aromatic nitrogens is 1. The van der Waals surface area contributed by atoms with Gasteiger partial charge in [-0.3, -0.25) is 9.59 Å². The molecule has 5 rings (SSSR count). The Labute approximate surface area is 278 Å². The van der Waals surface area contributed by atoms with Gasteiger partial charge in [0.15, 0.2) is 5.79 Å². The third-order valence-corrected chi connectivity index (χ3v) is 8.64. The molecule has 47 heavy (non-hydrogen) atoms. The van der Waals surface area contributed by atoms with E-state index < -0.39 is 11.2 Å². The fourth-order valence-corrected chi connectivity index (χ4v) is 6.52. The number of rotatable bonds is 10. The number of carbonyl (C=O) groups excluding carboxylic acids is 2. The second-order valence-corrected chi connectivity index (χ2v) is 14.3. The minimum Gasteiger partial charge on any atom is -0.347 e. The average Bonchev–Trinajstić information content (AvgIpc) is 3.36. The van der Waals surface area contributed by atoms with Crippen molar-refractivity contribution in [1.29, 1.82) is 0 Å². The lowest BCUT2D eigenvalue weighted by atomic mass is 9.86. The molecule has 248 valence electrons. The second kappa shape index (κ2) is 14.0. The van der Waals surface area contributed by atoms with E-state index in [-0.39, 0.29) is 35.6 Å². The molecule has 1 amide bonds. The van der Waals surface area contributed by atoms with Crippen LogP contribution in [-0.2, 0) is 20.8 Å². The zero-order valence-corrected chi connectivity index (χ0v) is 28.6. The number of nitrogens with zero attached hydrogens (tertiary/aromatic N) is 1. The van der Waals surface area contributed by atoms with Crippen LogP contribution >= 0.6 is 0 Å². The molecule has 1 fully saturated rings. The van der Waals surface area contributed by atoms with Crippen molar-refractivity contribution in [2.45, 2.75) is 98.2 Å². The SMILES string of the molecule is CC(C)c1c(C(=O)Nc2ccccc2)[13c](-[13c]2[13cH][13cH][13cH][13cH][13cH]2)[13c](-c2ccc(F)cc2)n1CC[C@@H]1C[C@H](CC(=O)C(C)(C)C)OC(C)(C)O1. The van der Waals surface area contributed by atoms with E-state index in [2.05, 4.69) is 23.7 Å². The lowest BCUT2D eigenvalue weighted by Crippen LogP contribution is -2.46. The standard InChI is InChI=1S/C40H47FN2O4/c1-26(2)36-35(38(45)42-30-16-12-9-13-17-30)34(27-14-10-8-11-15-27)37(28-18-20-29(41)21-19-28)43(36)23-22-31-24-32(47-40(6,7)46-31)25-33(44)39(3,4)5/h8-21,26,31-32H,22-25H2,1-7H3,(H,42,45)/t31-,32-/m1/s1/i8+1,10+1,11+1,14+1,15+1,27+1,34+1,37+1. The molecule has 0 bridgehead atoms. The van der Waals surface area contributed by atoms with Gasteiger partial charge < -0.3 is 19.4 Å². The monoisotopic (exact) mass is 646 g/mol. The molecular formula is C40H47FN2O4. The van der Waals surface area contributed by atoms with Crippen molar-refractivity contribution in [1.82, 2.24) is 4.57 Å². The van der Waals surface area contributed by atoms with Crippen molar-refractivity contribution in [3.63, 3.8) is 0 Å². The third-order valence-electron chi connectivity index (χ3n) is 8.64. The maximum absolute atomic E-state index is 14.3. The Morgan fingerprint density at radius 2 is 1.49 bits per heavy atom. The summed E-state index contributed by atoms with van der Waals surface area (Å²) in [5.41, 5.74) is 5.10. The van der Waals surface area contributed by atoms with Gasteiger partial charge in [-0.05, 0) is 73.7 Å². The normalized spacial score (nSPS) is 17.9. The summed E-state index contributed by atoms with van der Waals surface area (Å²) in [6, 6.07) is 25.8. The first-order valence-corrected chi connectivity index (χ1v) is 16.6. The molecule has 1 N–H and O–H groups in total. The number of anilines is 1. The molecule has 1 aliphatic heterocycles. The molecule has 1 aromatic heterocycles. The fourth-order valence-electron chi connectivity index (χ4n) is 6.52. The van der Waals surface area contributed by atoms with Crippen LogP contribution in [0.3, 0.4) is 0 Å². The molecule has 2 heterocycles. The summed E-state index contributed by atoms with van der Waals surface area (Å²) >= 11 is 0. The zero-order chi connectivity index (χ0) is 33.9. The van der Waals surface area contributed by atoms with Crippen molar-refractivity contribution in [2.24, 2.45) is 5.41 Å². The summed E-state index contributed by atoms with van der Waals surface area (Å²) < 4.78 is 29.1. The number of benzene rings is 3. The minimum atomic E-state index is -0.848. The smallest absolute Gasteiger partial charge is 0.258 e. The molecule has 4 aromatic rings. The molecule has 7 heteroatoms. The van der Waals surface area contributed by atoms with E-state index >= 15 is 0 Å². The Balaban J connectivity index is 1.62. The fraction of sp³-hybridized carbons (Fsp3) is 0.400. The summed E-state index contributed by atoms with van der Waals surface area (Å²) in [4.78, 5) is 27.3. The molecular weight excluding hydrogens is 599 g/mol. The van der Waals surface area contributed by atoms with Crippen molar-refractivity contribution in [3.05, 3.63) is 102 Å². The quantitative estimate of drug-likeness (QED) is 0.186. The van der Waals surface area contributed by atoms with Gasteiger partial charge in [0.1, 0.15) is 11.6 Å². The highest BCUT2D eigenvalue weighted by Gasteiger charge is 2.38. The highest BCUT2D eigenvalue weighted by atomic mass is 19.1. The summed E-state index contributed by atoms with van der Waals surface area (Å²) in [6.45, 7) is 14.3. The van der Waals surface area contributed by atoms with Gasteiger partial charge >= 0.3 is 0 Å². The first-order valence-electron chi connectivity index (χ1n) is 16.6. The first-order chi connectivity index (χ1) is 22.2. The van der Waals surface area contributed by atoms with E-state index in [0.717, 1.165) is 28.1 Å². The van der Waals surface area contributed by atoms with Gasteiger partial charge in [-0.25, -0.2) is 4.39 Å². The average molecular weight is 647 g/mol. The van der Waals surface area contributed by atoms with Gasteiger partial charge in [-0.2, -0.15) is 0 Å². The molecule has 6 nitrogen and oxygen atoms in total. The van der Waals surface area contributed by atoms with Crippen molar-refractivity contribution in [3.8, 4) is 22.4 Å². The number of para-hydroxylation sites is 1. The maximum Gasteiger partial charge on any atom is 0.258 e. The predicted molar refractivity (Wildman–Crippen MR) is 186 cm³/mol. The van der Waals surface area contributed by atoms with Crippen molar-refractivity contribution in [2.75, 3.05) is 5.32 Å². The number of halogens is 1. The lowest BCUT2D eigenvalue weighted by molar-refractivity contribution is -0.300. The highest BCUT2D eigenvalue weighted by molar-refractivity contribution is 6.12. The zero-order valence-electron chi connectivity index (χ0n) is 28.6. The van der Waals surface area contributed by atoms with E-state index in [4.69, 9.17) is 9.47 Å². The van der Waals surface area contributed by atoms with E-state index in [1.165, 1.54) is 12.1 Å². The molecule has 0 spiro atoms. The number of ether oxygens (including phenoxy) is 2. The predicted octanol–water partition coefficient (Wildman–Crippen LogP) is 9.64. The number of ketones is 1. The second-order valence-electron chi connectivity index (χ2n) is 14.3. The summed E-state index contributed by atoms with van der Waals surface area (Å²) in [5.74, 6) is -1.24. The van der Waals surface area contributed by atoms with Gasteiger partial charge in [0.2, 0.25) is 0 Å². The van der Waals surface area contributed by atoms with E-state index in [1.807, 2.05) is 95.3 Å².